The van der Waals surface area contributed by atoms with E-state index in [9.17, 15) is 18.0 Å². The van der Waals surface area contributed by atoms with Gasteiger partial charge in [0.1, 0.15) is 5.82 Å². The van der Waals surface area contributed by atoms with Gasteiger partial charge in [-0.25, -0.2) is 9.78 Å². The lowest BCUT2D eigenvalue weighted by molar-refractivity contribution is -0.137. The Morgan fingerprint density at radius 2 is 1.76 bits per heavy atom. The maximum absolute atomic E-state index is 12.8. The first-order chi connectivity index (χ1) is 13.6. The van der Waals surface area contributed by atoms with Crippen LogP contribution in [0.3, 0.4) is 0 Å². The Hall–Kier alpha value is -2.48. The average molecular weight is 427 g/mol. The van der Waals surface area contributed by atoms with E-state index in [2.05, 4.69) is 24.1 Å². The summed E-state index contributed by atoms with van der Waals surface area (Å²) >= 11 is 6.01. The fourth-order valence-electron chi connectivity index (χ4n) is 3.09. The summed E-state index contributed by atoms with van der Waals surface area (Å²) in [6.45, 7) is 5.88. The number of urea groups is 1. The van der Waals surface area contributed by atoms with E-state index in [0.717, 1.165) is 12.3 Å². The van der Waals surface area contributed by atoms with E-state index in [1.807, 2.05) is 24.3 Å². The van der Waals surface area contributed by atoms with Crippen LogP contribution in [0.2, 0.25) is 5.02 Å². The maximum Gasteiger partial charge on any atom is 0.417 e. The number of pyridine rings is 1. The minimum Gasteiger partial charge on any atom is -0.352 e. The Morgan fingerprint density at radius 3 is 2.28 bits per heavy atom. The molecule has 0 saturated carbocycles. The first-order valence-corrected chi connectivity index (χ1v) is 9.66. The van der Waals surface area contributed by atoms with Crippen LogP contribution < -0.4 is 10.2 Å². The molecule has 0 radical (unpaired) electrons. The zero-order valence-corrected chi connectivity index (χ0v) is 16.9. The Balaban J connectivity index is 1.58. The lowest BCUT2D eigenvalue weighted by Crippen LogP contribution is -2.50. The van der Waals surface area contributed by atoms with Crippen LogP contribution in [0.25, 0.3) is 0 Å². The van der Waals surface area contributed by atoms with Crippen molar-refractivity contribution >= 4 is 29.1 Å². The van der Waals surface area contributed by atoms with E-state index in [-0.39, 0.29) is 11.1 Å². The molecule has 1 aliphatic rings. The first kappa shape index (κ1) is 21.2. The number of nitrogens with one attached hydrogen (secondary N) is 1. The zero-order chi connectivity index (χ0) is 21.2. The number of alkyl halides is 3. The Morgan fingerprint density at radius 1 is 1.14 bits per heavy atom. The average Bonchev–Trinajstić information content (AvgIpc) is 2.68. The first-order valence-electron chi connectivity index (χ1n) is 9.28. The van der Waals surface area contributed by atoms with Gasteiger partial charge in [0.2, 0.25) is 0 Å². The molecule has 3 rings (SSSR count). The third kappa shape index (κ3) is 5.12. The van der Waals surface area contributed by atoms with E-state index >= 15 is 0 Å². The number of hydrogen-bond acceptors (Lipinski definition) is 3. The van der Waals surface area contributed by atoms with Crippen molar-refractivity contribution in [2.75, 3.05) is 36.4 Å². The van der Waals surface area contributed by atoms with Crippen molar-refractivity contribution < 1.29 is 18.0 Å². The summed E-state index contributed by atoms with van der Waals surface area (Å²) in [6.07, 6.45) is -3.71. The number of nitrogens with zero attached hydrogens (tertiary/aromatic N) is 3. The molecule has 2 amide bonds. The van der Waals surface area contributed by atoms with Crippen LogP contribution in [0, 0.1) is 0 Å². The number of benzene rings is 1. The standard InChI is InChI=1S/C20H22ClF3N4O/c1-13(2)14-3-5-16(6-4-14)26-19(29)28-9-7-27(8-10-28)18-17(21)11-15(12-25-18)20(22,23)24/h3-6,11-13H,7-10H2,1-2H3,(H,26,29). The molecule has 29 heavy (non-hydrogen) atoms. The number of piperazine rings is 1. The highest BCUT2D eigenvalue weighted by atomic mass is 35.5. The Labute approximate surface area is 172 Å². The molecule has 0 bridgehead atoms. The van der Waals surface area contributed by atoms with Crippen molar-refractivity contribution in [1.82, 2.24) is 9.88 Å². The van der Waals surface area contributed by atoms with Gasteiger partial charge < -0.3 is 15.1 Å². The van der Waals surface area contributed by atoms with Gasteiger partial charge in [0.15, 0.2) is 0 Å². The monoisotopic (exact) mass is 426 g/mol. The fourth-order valence-corrected chi connectivity index (χ4v) is 3.38. The smallest absolute Gasteiger partial charge is 0.352 e. The molecule has 2 aromatic rings. The van der Waals surface area contributed by atoms with E-state index in [4.69, 9.17) is 11.6 Å². The fraction of sp³-hybridized carbons (Fsp3) is 0.400. The lowest BCUT2D eigenvalue weighted by atomic mass is 10.0. The number of hydrogen-bond donors (Lipinski definition) is 1. The number of anilines is 2. The molecular weight excluding hydrogens is 405 g/mol. The zero-order valence-electron chi connectivity index (χ0n) is 16.1. The van der Waals surface area contributed by atoms with Crippen molar-refractivity contribution in [1.29, 1.82) is 0 Å². The summed E-state index contributed by atoms with van der Waals surface area (Å²) in [5, 5.41) is 2.82. The van der Waals surface area contributed by atoms with Gasteiger partial charge >= 0.3 is 12.2 Å². The van der Waals surface area contributed by atoms with E-state index in [0.29, 0.717) is 43.6 Å². The summed E-state index contributed by atoms with van der Waals surface area (Å²) in [5.41, 5.74) is 1.03. The second kappa shape index (κ2) is 8.49. The molecule has 1 aromatic carbocycles. The SMILES string of the molecule is CC(C)c1ccc(NC(=O)N2CCN(c3ncc(C(F)(F)F)cc3Cl)CC2)cc1. The van der Waals surface area contributed by atoms with E-state index < -0.39 is 11.7 Å². The van der Waals surface area contributed by atoms with Gasteiger partial charge in [-0.2, -0.15) is 13.2 Å². The van der Waals surface area contributed by atoms with E-state index in [1.54, 1.807) is 9.80 Å². The predicted octanol–water partition coefficient (Wildman–Crippen LogP) is 5.23. The molecule has 1 fully saturated rings. The van der Waals surface area contributed by atoms with Crippen LogP contribution >= 0.6 is 11.6 Å². The summed E-state index contributed by atoms with van der Waals surface area (Å²) in [7, 11) is 0. The second-order valence-corrected chi connectivity index (χ2v) is 7.62. The Bertz CT molecular complexity index is 863. The molecule has 1 saturated heterocycles. The molecule has 1 aliphatic heterocycles. The third-order valence-corrected chi connectivity index (χ3v) is 5.12. The van der Waals surface area contributed by atoms with Crippen LogP contribution in [0.5, 0.6) is 0 Å². The molecule has 156 valence electrons. The van der Waals surface area contributed by atoms with Crippen molar-refractivity contribution in [3.63, 3.8) is 0 Å². The van der Waals surface area contributed by atoms with Crippen LogP contribution in [0.4, 0.5) is 29.5 Å². The van der Waals surface area contributed by atoms with Crippen molar-refractivity contribution in [3.8, 4) is 0 Å². The van der Waals surface area contributed by atoms with Crippen LogP contribution in [-0.4, -0.2) is 42.1 Å². The van der Waals surface area contributed by atoms with Gasteiger partial charge in [-0.3, -0.25) is 0 Å². The van der Waals surface area contributed by atoms with Gasteiger partial charge in [0.05, 0.1) is 10.6 Å². The molecule has 2 heterocycles. The highest BCUT2D eigenvalue weighted by Gasteiger charge is 2.32. The summed E-state index contributed by atoms with van der Waals surface area (Å²) in [5.74, 6) is 0.711. The van der Waals surface area contributed by atoms with Gasteiger partial charge in [-0.05, 0) is 29.7 Å². The molecule has 0 atom stereocenters. The molecule has 5 nitrogen and oxygen atoms in total. The van der Waals surface area contributed by atoms with Crippen LogP contribution in [0.15, 0.2) is 36.5 Å². The highest BCUT2D eigenvalue weighted by molar-refractivity contribution is 6.33. The second-order valence-electron chi connectivity index (χ2n) is 7.21. The van der Waals surface area contributed by atoms with Crippen LogP contribution in [-0.2, 0) is 6.18 Å². The molecule has 9 heteroatoms. The van der Waals surface area contributed by atoms with Gasteiger partial charge in [-0.1, -0.05) is 37.6 Å². The molecule has 1 N–H and O–H groups in total. The van der Waals surface area contributed by atoms with Gasteiger partial charge in [0.25, 0.3) is 0 Å². The van der Waals surface area contributed by atoms with Gasteiger partial charge in [-0.15, -0.1) is 0 Å². The molecule has 0 unspecified atom stereocenters. The van der Waals surface area contributed by atoms with Crippen molar-refractivity contribution in [2.45, 2.75) is 25.9 Å². The quantitative estimate of drug-likeness (QED) is 0.731. The minimum absolute atomic E-state index is 0.0528. The number of halogens is 4. The van der Waals surface area contributed by atoms with Crippen molar-refractivity contribution in [2.24, 2.45) is 0 Å². The van der Waals surface area contributed by atoms with Gasteiger partial charge in [0, 0.05) is 38.1 Å². The highest BCUT2D eigenvalue weighted by Crippen LogP contribution is 2.33. The van der Waals surface area contributed by atoms with E-state index in [1.165, 1.54) is 5.56 Å². The number of amides is 2. The normalized spacial score (nSPS) is 15.0. The molecular formula is C20H22ClF3N4O. The number of carbonyl (C=O) groups is 1. The molecule has 0 aliphatic carbocycles. The molecule has 0 spiro atoms. The number of aromatic nitrogens is 1. The van der Waals surface area contributed by atoms with Crippen LogP contribution in [0.1, 0.15) is 30.9 Å². The minimum atomic E-state index is -4.49. The Kier molecular flexibility index (Phi) is 6.21. The predicted molar refractivity (Wildman–Crippen MR) is 108 cm³/mol. The molecule has 1 aromatic heterocycles. The van der Waals surface area contributed by atoms with Crippen molar-refractivity contribution in [3.05, 3.63) is 52.7 Å². The summed E-state index contributed by atoms with van der Waals surface area (Å²) < 4.78 is 38.3. The largest absolute Gasteiger partial charge is 0.417 e. The maximum atomic E-state index is 12.8. The number of rotatable bonds is 3. The number of carbonyl (C=O) groups excluding carboxylic acids is 1. The summed E-state index contributed by atoms with van der Waals surface area (Å²) in [6, 6.07) is 8.37. The summed E-state index contributed by atoms with van der Waals surface area (Å²) in [4.78, 5) is 19.8. The third-order valence-electron chi connectivity index (χ3n) is 4.84. The topological polar surface area (TPSA) is 48.5 Å². The lowest BCUT2D eigenvalue weighted by Gasteiger charge is -2.35.